The predicted molar refractivity (Wildman–Crippen MR) is 97.7 cm³/mol. The summed E-state index contributed by atoms with van der Waals surface area (Å²) in [5, 5.41) is 13.0. The highest BCUT2D eigenvalue weighted by atomic mass is 79.9. The Morgan fingerprint density at radius 3 is 2.54 bits per heavy atom. The van der Waals surface area contributed by atoms with Gasteiger partial charge in [-0.3, -0.25) is 0 Å². The van der Waals surface area contributed by atoms with Gasteiger partial charge >= 0.3 is 6.18 Å². The van der Waals surface area contributed by atoms with Gasteiger partial charge in [0.05, 0.1) is 17.4 Å². The Kier molecular flexibility index (Phi) is 4.74. The number of halogens is 4. The summed E-state index contributed by atoms with van der Waals surface area (Å²) in [6.45, 7) is 3.53. The van der Waals surface area contributed by atoms with Gasteiger partial charge in [-0.15, -0.1) is 5.10 Å². The minimum atomic E-state index is -4.56. The second-order valence-corrected chi connectivity index (χ2v) is 6.81. The summed E-state index contributed by atoms with van der Waals surface area (Å²) in [4.78, 5) is 3.69. The molecule has 3 N–H and O–H groups in total. The van der Waals surface area contributed by atoms with Gasteiger partial charge in [0.15, 0.2) is 5.82 Å². The zero-order valence-corrected chi connectivity index (χ0v) is 15.5. The van der Waals surface area contributed by atoms with Crippen LogP contribution >= 0.6 is 15.9 Å². The van der Waals surface area contributed by atoms with Crippen LogP contribution in [0.3, 0.4) is 0 Å². The van der Waals surface area contributed by atoms with Crippen LogP contribution in [-0.4, -0.2) is 15.2 Å². The molecule has 1 aromatic carbocycles. The van der Waals surface area contributed by atoms with Crippen LogP contribution in [0.2, 0.25) is 0 Å². The third kappa shape index (κ3) is 3.72. The maximum absolute atomic E-state index is 13.0. The average molecular weight is 426 g/mol. The van der Waals surface area contributed by atoms with Gasteiger partial charge in [-0.05, 0) is 38.1 Å². The minimum absolute atomic E-state index is 0.00133. The van der Waals surface area contributed by atoms with E-state index in [9.17, 15) is 13.2 Å². The molecule has 136 valence electrons. The second kappa shape index (κ2) is 6.71. The van der Waals surface area contributed by atoms with Crippen molar-refractivity contribution in [1.29, 1.82) is 0 Å². The summed E-state index contributed by atoms with van der Waals surface area (Å²) in [7, 11) is 0. The van der Waals surface area contributed by atoms with Gasteiger partial charge in [0.25, 0.3) is 0 Å². The van der Waals surface area contributed by atoms with E-state index >= 15 is 0 Å². The molecule has 26 heavy (non-hydrogen) atoms. The van der Waals surface area contributed by atoms with Crippen LogP contribution in [0.5, 0.6) is 0 Å². The average Bonchev–Trinajstić information content (AvgIpc) is 2.56. The third-order valence-corrected chi connectivity index (χ3v) is 4.37. The molecule has 2 aromatic heterocycles. The zero-order valence-electron chi connectivity index (χ0n) is 13.9. The normalized spacial score (nSPS) is 13.0. The first-order valence-corrected chi connectivity index (χ1v) is 8.48. The van der Waals surface area contributed by atoms with Crippen molar-refractivity contribution in [2.24, 2.45) is 0 Å². The highest BCUT2D eigenvalue weighted by molar-refractivity contribution is 9.10. The second-order valence-electron chi connectivity index (χ2n) is 5.90. The summed E-state index contributed by atoms with van der Waals surface area (Å²) < 4.78 is 39.8. The number of nitrogens with zero attached hydrogens (tertiary/aromatic N) is 3. The van der Waals surface area contributed by atoms with Crippen LogP contribution in [-0.2, 0) is 6.18 Å². The Balaban J connectivity index is 2.00. The maximum atomic E-state index is 13.0. The van der Waals surface area contributed by atoms with Crippen LogP contribution in [0, 0.1) is 6.92 Å². The van der Waals surface area contributed by atoms with Gasteiger partial charge < -0.3 is 11.1 Å². The van der Waals surface area contributed by atoms with Gasteiger partial charge in [0.1, 0.15) is 5.69 Å². The molecule has 0 fully saturated rings. The molecule has 0 bridgehead atoms. The third-order valence-electron chi connectivity index (χ3n) is 3.88. The van der Waals surface area contributed by atoms with Crippen LogP contribution < -0.4 is 11.1 Å². The molecular weight excluding hydrogens is 411 g/mol. The molecule has 5 nitrogen and oxygen atoms in total. The summed E-state index contributed by atoms with van der Waals surface area (Å²) in [6, 6.07) is 7.33. The minimum Gasteiger partial charge on any atom is -0.399 e. The molecule has 0 aliphatic rings. The quantitative estimate of drug-likeness (QED) is 0.625. The van der Waals surface area contributed by atoms with Crippen LogP contribution in [0.25, 0.3) is 10.8 Å². The summed E-state index contributed by atoms with van der Waals surface area (Å²) in [5.41, 5.74) is 5.52. The molecule has 1 unspecified atom stereocenters. The SMILES string of the molecule is Cc1nnc(NC(C)c2cc(N)cc(C(F)(F)F)n2)c2cc(Br)ccc12. The summed E-state index contributed by atoms with van der Waals surface area (Å²) >= 11 is 3.41. The van der Waals surface area contributed by atoms with Crippen molar-refractivity contribution >= 4 is 38.2 Å². The fourth-order valence-electron chi connectivity index (χ4n) is 2.59. The number of pyridine rings is 1. The van der Waals surface area contributed by atoms with Crippen LogP contribution in [0.4, 0.5) is 24.7 Å². The van der Waals surface area contributed by atoms with Crippen LogP contribution in [0.15, 0.2) is 34.8 Å². The Morgan fingerprint density at radius 2 is 1.85 bits per heavy atom. The van der Waals surface area contributed by atoms with Crippen molar-refractivity contribution in [2.75, 3.05) is 11.1 Å². The van der Waals surface area contributed by atoms with E-state index in [0.29, 0.717) is 5.82 Å². The maximum Gasteiger partial charge on any atom is 0.433 e. The molecule has 2 heterocycles. The number of hydrogen-bond acceptors (Lipinski definition) is 5. The molecule has 0 aliphatic heterocycles. The van der Waals surface area contributed by atoms with Gasteiger partial charge in [0, 0.05) is 20.9 Å². The van der Waals surface area contributed by atoms with E-state index < -0.39 is 17.9 Å². The Labute approximate surface area is 156 Å². The van der Waals surface area contributed by atoms with E-state index in [-0.39, 0.29) is 11.4 Å². The molecule has 9 heteroatoms. The standard InChI is InChI=1S/C17H15BrF3N5/c1-8-12-4-3-10(18)5-13(12)16(26-25-8)23-9(2)14-6-11(22)7-15(24-14)17(19,20)21/h3-7,9H,1-2H3,(H2,22,24)(H,23,26). The van der Waals surface area contributed by atoms with Gasteiger partial charge in [-0.25, -0.2) is 4.98 Å². The van der Waals surface area contributed by atoms with Crippen molar-refractivity contribution in [2.45, 2.75) is 26.1 Å². The van der Waals surface area contributed by atoms with Gasteiger partial charge in [-0.2, -0.15) is 18.3 Å². The lowest BCUT2D eigenvalue weighted by atomic mass is 10.1. The topological polar surface area (TPSA) is 76.7 Å². The van der Waals surface area contributed by atoms with Crippen molar-refractivity contribution in [3.8, 4) is 0 Å². The molecule has 0 radical (unpaired) electrons. The predicted octanol–water partition coefficient (Wildman–Crippen LogP) is 4.87. The number of rotatable bonds is 3. The first-order valence-electron chi connectivity index (χ1n) is 7.69. The number of nitrogens with two attached hydrogens (primary N) is 1. The molecule has 0 saturated heterocycles. The van der Waals surface area contributed by atoms with E-state index in [0.717, 1.165) is 27.0 Å². The number of aromatic nitrogens is 3. The first kappa shape index (κ1) is 18.4. The lowest BCUT2D eigenvalue weighted by Gasteiger charge is -2.18. The number of nitrogens with one attached hydrogen (secondary N) is 1. The number of nitrogen functional groups attached to an aromatic ring is 1. The molecular formula is C17H15BrF3N5. The Morgan fingerprint density at radius 1 is 1.12 bits per heavy atom. The van der Waals surface area contributed by atoms with E-state index in [1.54, 1.807) is 6.92 Å². The number of alkyl halides is 3. The van der Waals surface area contributed by atoms with Gasteiger partial charge in [-0.1, -0.05) is 22.0 Å². The Bertz CT molecular complexity index is 975. The summed E-state index contributed by atoms with van der Waals surface area (Å²) in [6.07, 6.45) is -4.56. The zero-order chi connectivity index (χ0) is 19.1. The van der Waals surface area contributed by atoms with Crippen molar-refractivity contribution < 1.29 is 13.2 Å². The molecule has 0 aliphatic carbocycles. The van der Waals surface area contributed by atoms with E-state index in [1.165, 1.54) is 6.07 Å². The van der Waals surface area contributed by atoms with Crippen molar-refractivity contribution in [1.82, 2.24) is 15.2 Å². The van der Waals surface area contributed by atoms with E-state index in [2.05, 4.69) is 36.4 Å². The summed E-state index contributed by atoms with van der Waals surface area (Å²) in [5.74, 6) is 0.456. The molecule has 1 atom stereocenters. The largest absolute Gasteiger partial charge is 0.433 e. The fourth-order valence-corrected chi connectivity index (χ4v) is 2.95. The van der Waals surface area contributed by atoms with Crippen LogP contribution in [0.1, 0.15) is 30.0 Å². The number of anilines is 2. The van der Waals surface area contributed by atoms with Gasteiger partial charge in [0.2, 0.25) is 0 Å². The Hall–Kier alpha value is -2.42. The van der Waals surface area contributed by atoms with Crippen molar-refractivity contribution in [3.63, 3.8) is 0 Å². The van der Waals surface area contributed by atoms with Crippen molar-refractivity contribution in [3.05, 3.63) is 51.9 Å². The number of hydrogen-bond donors (Lipinski definition) is 2. The van der Waals surface area contributed by atoms with E-state index in [4.69, 9.17) is 5.73 Å². The lowest BCUT2D eigenvalue weighted by molar-refractivity contribution is -0.141. The monoisotopic (exact) mass is 425 g/mol. The highest BCUT2D eigenvalue weighted by Gasteiger charge is 2.33. The highest BCUT2D eigenvalue weighted by Crippen LogP contribution is 2.32. The number of benzene rings is 1. The molecule has 0 spiro atoms. The fraction of sp³-hybridized carbons (Fsp3) is 0.235. The molecule has 3 aromatic rings. The lowest BCUT2D eigenvalue weighted by Crippen LogP contribution is -2.15. The first-order chi connectivity index (χ1) is 12.1. The number of fused-ring (bicyclic) bond motifs is 1. The molecule has 3 rings (SSSR count). The molecule has 0 saturated carbocycles. The smallest absolute Gasteiger partial charge is 0.399 e. The molecule has 0 amide bonds. The number of aryl methyl sites for hydroxylation is 1. The van der Waals surface area contributed by atoms with E-state index in [1.807, 2.05) is 25.1 Å².